The van der Waals surface area contributed by atoms with E-state index in [1.165, 1.54) is 12.1 Å². The van der Waals surface area contributed by atoms with Gasteiger partial charge in [0.15, 0.2) is 0 Å². The van der Waals surface area contributed by atoms with Crippen LogP contribution in [0.1, 0.15) is 5.56 Å². The lowest BCUT2D eigenvalue weighted by molar-refractivity contribution is -0.115. The summed E-state index contributed by atoms with van der Waals surface area (Å²) in [5, 5.41) is 6.66. The van der Waals surface area contributed by atoms with E-state index in [0.717, 1.165) is 5.56 Å². The summed E-state index contributed by atoms with van der Waals surface area (Å²) >= 11 is 0. The minimum Gasteiger partial charge on any atom is -0.311 e. The predicted octanol–water partition coefficient (Wildman–Crippen LogP) is 1.74. The lowest BCUT2D eigenvalue weighted by Crippen LogP contribution is -2.16. The van der Waals surface area contributed by atoms with E-state index in [1.807, 2.05) is 0 Å². The van der Waals surface area contributed by atoms with Gasteiger partial charge in [0.2, 0.25) is 5.91 Å². The van der Waals surface area contributed by atoms with Gasteiger partial charge in [0.1, 0.15) is 11.6 Å². The van der Waals surface area contributed by atoms with Gasteiger partial charge in [-0.25, -0.2) is 4.39 Å². The van der Waals surface area contributed by atoms with Crippen LogP contribution < -0.4 is 5.32 Å². The second-order valence-electron chi connectivity index (χ2n) is 3.69. The van der Waals surface area contributed by atoms with Crippen LogP contribution in [0.4, 0.5) is 10.2 Å². The van der Waals surface area contributed by atoms with Crippen molar-refractivity contribution in [3.63, 3.8) is 0 Å². The van der Waals surface area contributed by atoms with Gasteiger partial charge in [-0.15, -0.1) is 0 Å². The third-order valence-corrected chi connectivity index (χ3v) is 2.37. The van der Waals surface area contributed by atoms with Gasteiger partial charge in [0.05, 0.1) is 12.6 Å². The molecule has 2 rings (SSSR count). The summed E-state index contributed by atoms with van der Waals surface area (Å²) in [5.74, 6) is 0.179. The number of rotatable bonds is 3. The Balaban J connectivity index is 1.98. The first-order valence-corrected chi connectivity index (χ1v) is 5.17. The van der Waals surface area contributed by atoms with Gasteiger partial charge in [-0.1, -0.05) is 12.1 Å². The SMILES string of the molecule is Cn1nccc1NC(=O)Cc1ccc(F)cc1. The van der Waals surface area contributed by atoms with Gasteiger partial charge < -0.3 is 5.32 Å². The molecule has 0 bridgehead atoms. The van der Waals surface area contributed by atoms with Crippen molar-refractivity contribution in [3.8, 4) is 0 Å². The predicted molar refractivity (Wildman–Crippen MR) is 61.9 cm³/mol. The number of amides is 1. The number of hydrogen-bond acceptors (Lipinski definition) is 2. The van der Waals surface area contributed by atoms with E-state index < -0.39 is 0 Å². The molecule has 0 radical (unpaired) electrons. The number of aryl methyl sites for hydroxylation is 1. The Hall–Kier alpha value is -2.17. The number of anilines is 1. The maximum atomic E-state index is 12.7. The molecule has 0 fully saturated rings. The Morgan fingerprint density at radius 3 is 2.65 bits per heavy atom. The molecule has 0 spiro atoms. The molecule has 4 nitrogen and oxygen atoms in total. The fourth-order valence-electron chi connectivity index (χ4n) is 1.47. The fraction of sp³-hybridized carbons (Fsp3) is 0.167. The fourth-order valence-corrected chi connectivity index (χ4v) is 1.47. The lowest BCUT2D eigenvalue weighted by Gasteiger charge is -2.05. The van der Waals surface area contributed by atoms with E-state index in [2.05, 4.69) is 10.4 Å². The summed E-state index contributed by atoms with van der Waals surface area (Å²) in [6.07, 6.45) is 1.82. The normalized spacial score (nSPS) is 10.2. The molecule has 1 heterocycles. The van der Waals surface area contributed by atoms with Crippen LogP contribution in [0.25, 0.3) is 0 Å². The minimum atomic E-state index is -0.305. The zero-order valence-electron chi connectivity index (χ0n) is 9.35. The number of halogens is 1. The minimum absolute atomic E-state index is 0.153. The molecule has 2 aromatic rings. The highest BCUT2D eigenvalue weighted by molar-refractivity contribution is 5.91. The van der Waals surface area contributed by atoms with Crippen molar-refractivity contribution in [2.75, 3.05) is 5.32 Å². The first kappa shape index (κ1) is 11.3. The quantitative estimate of drug-likeness (QED) is 0.877. The van der Waals surface area contributed by atoms with Crippen molar-refractivity contribution in [1.82, 2.24) is 9.78 Å². The number of nitrogens with one attached hydrogen (secondary N) is 1. The maximum Gasteiger partial charge on any atom is 0.229 e. The van der Waals surface area contributed by atoms with Crippen LogP contribution in [-0.2, 0) is 18.3 Å². The number of carbonyl (C=O) groups excluding carboxylic acids is 1. The molecule has 1 N–H and O–H groups in total. The summed E-state index contributed by atoms with van der Waals surface area (Å²) in [6.45, 7) is 0. The monoisotopic (exact) mass is 233 g/mol. The largest absolute Gasteiger partial charge is 0.311 e. The van der Waals surface area contributed by atoms with Crippen LogP contribution in [0.3, 0.4) is 0 Å². The standard InChI is InChI=1S/C12H12FN3O/c1-16-11(6-7-14-16)15-12(17)8-9-2-4-10(13)5-3-9/h2-7H,8H2,1H3,(H,15,17). The Labute approximate surface area is 98.1 Å². The van der Waals surface area contributed by atoms with E-state index in [0.29, 0.717) is 5.82 Å². The van der Waals surface area contributed by atoms with Crippen LogP contribution in [0.5, 0.6) is 0 Å². The van der Waals surface area contributed by atoms with Gasteiger partial charge in [-0.05, 0) is 17.7 Å². The molecule has 0 unspecified atom stereocenters. The van der Waals surface area contributed by atoms with Gasteiger partial charge >= 0.3 is 0 Å². The number of hydrogen-bond donors (Lipinski definition) is 1. The Morgan fingerprint density at radius 1 is 1.35 bits per heavy atom. The zero-order chi connectivity index (χ0) is 12.3. The van der Waals surface area contributed by atoms with Crippen LogP contribution >= 0.6 is 0 Å². The number of nitrogens with zero attached hydrogens (tertiary/aromatic N) is 2. The molecular weight excluding hydrogens is 221 g/mol. The van der Waals surface area contributed by atoms with Crippen molar-refractivity contribution in [2.45, 2.75) is 6.42 Å². The molecule has 0 aliphatic heterocycles. The highest BCUT2D eigenvalue weighted by Gasteiger charge is 2.06. The van der Waals surface area contributed by atoms with E-state index in [-0.39, 0.29) is 18.1 Å². The third kappa shape index (κ3) is 2.90. The van der Waals surface area contributed by atoms with E-state index in [9.17, 15) is 9.18 Å². The number of benzene rings is 1. The Bertz CT molecular complexity index is 519. The van der Waals surface area contributed by atoms with E-state index >= 15 is 0 Å². The van der Waals surface area contributed by atoms with Gasteiger partial charge in [0, 0.05) is 13.1 Å². The summed E-state index contributed by atoms with van der Waals surface area (Å²) in [7, 11) is 1.74. The molecule has 0 saturated carbocycles. The van der Waals surface area contributed by atoms with Gasteiger partial charge in [-0.3, -0.25) is 9.48 Å². The van der Waals surface area contributed by atoms with Crippen molar-refractivity contribution >= 4 is 11.7 Å². The average Bonchev–Trinajstić information content (AvgIpc) is 2.68. The summed E-state index contributed by atoms with van der Waals surface area (Å²) in [6, 6.07) is 7.58. The Morgan fingerprint density at radius 2 is 2.06 bits per heavy atom. The molecule has 1 amide bonds. The van der Waals surface area contributed by atoms with Crippen molar-refractivity contribution in [1.29, 1.82) is 0 Å². The van der Waals surface area contributed by atoms with Crippen LogP contribution in [0.15, 0.2) is 36.5 Å². The van der Waals surface area contributed by atoms with Crippen molar-refractivity contribution in [3.05, 3.63) is 47.9 Å². The molecular formula is C12H12FN3O. The molecule has 5 heteroatoms. The molecule has 0 atom stereocenters. The van der Waals surface area contributed by atoms with Crippen molar-refractivity contribution in [2.24, 2.45) is 7.05 Å². The van der Waals surface area contributed by atoms with Gasteiger partial charge in [0.25, 0.3) is 0 Å². The topological polar surface area (TPSA) is 46.9 Å². The second-order valence-corrected chi connectivity index (χ2v) is 3.69. The molecule has 0 aliphatic rings. The highest BCUT2D eigenvalue weighted by Crippen LogP contribution is 2.07. The van der Waals surface area contributed by atoms with E-state index in [4.69, 9.17) is 0 Å². The first-order valence-electron chi connectivity index (χ1n) is 5.17. The molecule has 0 aliphatic carbocycles. The molecule has 0 saturated heterocycles. The zero-order valence-corrected chi connectivity index (χ0v) is 9.35. The number of aromatic nitrogens is 2. The Kier molecular flexibility index (Phi) is 3.18. The van der Waals surface area contributed by atoms with Crippen LogP contribution in [0.2, 0.25) is 0 Å². The highest BCUT2D eigenvalue weighted by atomic mass is 19.1. The third-order valence-electron chi connectivity index (χ3n) is 2.37. The molecule has 1 aromatic carbocycles. The summed E-state index contributed by atoms with van der Waals surface area (Å²) in [5.41, 5.74) is 0.770. The lowest BCUT2D eigenvalue weighted by atomic mass is 10.1. The first-order chi connectivity index (χ1) is 8.15. The van der Waals surface area contributed by atoms with Gasteiger partial charge in [-0.2, -0.15) is 5.10 Å². The summed E-state index contributed by atoms with van der Waals surface area (Å²) in [4.78, 5) is 11.7. The summed E-state index contributed by atoms with van der Waals surface area (Å²) < 4.78 is 14.2. The number of carbonyl (C=O) groups is 1. The van der Waals surface area contributed by atoms with Crippen LogP contribution in [0, 0.1) is 5.82 Å². The van der Waals surface area contributed by atoms with Crippen molar-refractivity contribution < 1.29 is 9.18 Å². The van der Waals surface area contributed by atoms with E-state index in [1.54, 1.807) is 36.1 Å². The smallest absolute Gasteiger partial charge is 0.229 e. The maximum absolute atomic E-state index is 12.7. The average molecular weight is 233 g/mol. The second kappa shape index (κ2) is 4.78. The van der Waals surface area contributed by atoms with Crippen LogP contribution in [-0.4, -0.2) is 15.7 Å². The molecule has 88 valence electrons. The molecule has 17 heavy (non-hydrogen) atoms. The molecule has 1 aromatic heterocycles.